The predicted octanol–water partition coefficient (Wildman–Crippen LogP) is 1.59. The molecule has 0 aliphatic rings. The van der Waals surface area contributed by atoms with Gasteiger partial charge in [0, 0.05) is 38.4 Å². The Bertz CT molecular complexity index is 630. The molecule has 0 unspecified atom stereocenters. The van der Waals surface area contributed by atoms with Crippen LogP contribution in [-0.2, 0) is 17.9 Å². The maximum atomic E-state index is 11.6. The van der Waals surface area contributed by atoms with Crippen molar-refractivity contribution in [1.82, 2.24) is 4.90 Å². The molecule has 114 valence electrons. The van der Waals surface area contributed by atoms with Gasteiger partial charge in [-0.15, -0.1) is 0 Å². The molecule has 0 radical (unpaired) electrons. The third kappa shape index (κ3) is 4.25. The minimum atomic E-state index is 0.145. The summed E-state index contributed by atoms with van der Waals surface area (Å²) in [5.41, 5.74) is 2.35. The van der Waals surface area contributed by atoms with Gasteiger partial charge in [-0.3, -0.25) is 4.79 Å². The highest BCUT2D eigenvalue weighted by Gasteiger charge is 2.09. The van der Waals surface area contributed by atoms with Gasteiger partial charge in [-0.2, -0.15) is 0 Å². The van der Waals surface area contributed by atoms with Gasteiger partial charge in [-0.1, -0.05) is 6.58 Å². The van der Waals surface area contributed by atoms with E-state index < -0.39 is 0 Å². The average Bonchev–Trinajstić information content (AvgIpc) is 2.54. The highest BCUT2D eigenvalue weighted by Crippen LogP contribution is 2.15. The van der Waals surface area contributed by atoms with E-state index in [2.05, 4.69) is 35.4 Å². The number of pyridine rings is 2. The summed E-state index contributed by atoms with van der Waals surface area (Å²) in [6.45, 7) is 5.25. The molecule has 2 aromatic rings. The molecule has 4 heteroatoms. The van der Waals surface area contributed by atoms with Crippen LogP contribution in [-0.4, -0.2) is 24.9 Å². The zero-order chi connectivity index (χ0) is 15.9. The van der Waals surface area contributed by atoms with Gasteiger partial charge in [0.25, 0.3) is 0 Å². The number of amides is 1. The van der Waals surface area contributed by atoms with E-state index in [4.69, 9.17) is 0 Å². The van der Waals surface area contributed by atoms with Crippen molar-refractivity contribution in [2.45, 2.75) is 19.5 Å². The van der Waals surface area contributed by atoms with Crippen molar-refractivity contribution < 1.29 is 13.9 Å². The first-order valence-corrected chi connectivity index (χ1v) is 7.40. The normalized spacial score (nSPS) is 10.3. The highest BCUT2D eigenvalue weighted by molar-refractivity contribution is 5.75. The van der Waals surface area contributed by atoms with Gasteiger partial charge in [0.05, 0.1) is 6.42 Å². The molecule has 0 N–H and O–H groups in total. The fourth-order valence-electron chi connectivity index (χ4n) is 2.17. The Hall–Kier alpha value is -2.49. The topological polar surface area (TPSA) is 28.1 Å². The van der Waals surface area contributed by atoms with Crippen molar-refractivity contribution in [1.29, 1.82) is 0 Å². The maximum absolute atomic E-state index is 11.6. The lowest BCUT2D eigenvalue weighted by Crippen LogP contribution is -2.36. The summed E-state index contributed by atoms with van der Waals surface area (Å²) in [7, 11) is 3.56. The monoisotopic (exact) mass is 297 g/mol. The molecule has 0 aromatic carbocycles. The third-order valence-electron chi connectivity index (χ3n) is 3.54. The molecule has 4 nitrogen and oxygen atoms in total. The standard InChI is InChI=1S/C18H23N3O/c1-4-10-20-11-5-16(6-12-20)17-7-13-21(14-8-17)15-9-18(22)19(2)3/h4-8,11-14H,1,9-10,15H2,2-3H3/q+2. The van der Waals surface area contributed by atoms with Gasteiger partial charge in [-0.05, 0) is 17.2 Å². The van der Waals surface area contributed by atoms with Crippen LogP contribution in [0.15, 0.2) is 61.7 Å². The van der Waals surface area contributed by atoms with Crippen LogP contribution in [0.25, 0.3) is 11.1 Å². The largest absolute Gasteiger partial charge is 0.349 e. The second-order valence-electron chi connectivity index (χ2n) is 5.44. The molecular weight excluding hydrogens is 274 g/mol. The predicted molar refractivity (Wildman–Crippen MR) is 85.8 cm³/mol. The molecule has 2 aromatic heterocycles. The van der Waals surface area contributed by atoms with Crippen molar-refractivity contribution in [3.05, 3.63) is 61.7 Å². The second kappa shape index (κ2) is 7.50. The number of rotatable bonds is 6. The van der Waals surface area contributed by atoms with E-state index in [-0.39, 0.29) is 5.91 Å². The molecular formula is C18H23N3O+2. The first kappa shape index (κ1) is 15.9. The summed E-state index contributed by atoms with van der Waals surface area (Å²) >= 11 is 0. The van der Waals surface area contributed by atoms with E-state index in [1.165, 1.54) is 11.1 Å². The summed E-state index contributed by atoms with van der Waals surface area (Å²) in [6.07, 6.45) is 10.5. The number of aryl methyl sites for hydroxylation is 1. The Morgan fingerprint density at radius 2 is 1.55 bits per heavy atom. The van der Waals surface area contributed by atoms with E-state index in [0.29, 0.717) is 13.0 Å². The van der Waals surface area contributed by atoms with Gasteiger partial charge < -0.3 is 4.90 Å². The number of carbonyl (C=O) groups excluding carboxylic acids is 1. The first-order chi connectivity index (χ1) is 10.6. The fraction of sp³-hybridized carbons (Fsp3) is 0.278. The second-order valence-corrected chi connectivity index (χ2v) is 5.44. The smallest absolute Gasteiger partial charge is 0.228 e. The molecule has 0 fully saturated rings. The molecule has 2 heterocycles. The van der Waals surface area contributed by atoms with Crippen molar-refractivity contribution in [2.75, 3.05) is 14.1 Å². The number of hydrogen-bond donors (Lipinski definition) is 0. The molecule has 1 amide bonds. The van der Waals surface area contributed by atoms with Crippen LogP contribution in [0.3, 0.4) is 0 Å². The van der Waals surface area contributed by atoms with E-state index in [9.17, 15) is 4.79 Å². The lowest BCUT2D eigenvalue weighted by molar-refractivity contribution is -0.695. The van der Waals surface area contributed by atoms with E-state index in [1.807, 2.05) is 35.4 Å². The molecule has 0 bridgehead atoms. The fourth-order valence-corrected chi connectivity index (χ4v) is 2.17. The summed E-state index contributed by atoms with van der Waals surface area (Å²) < 4.78 is 4.11. The molecule has 0 spiro atoms. The van der Waals surface area contributed by atoms with Crippen molar-refractivity contribution in [2.24, 2.45) is 0 Å². The van der Waals surface area contributed by atoms with Crippen molar-refractivity contribution >= 4 is 5.91 Å². The average molecular weight is 297 g/mol. The Kier molecular flexibility index (Phi) is 5.42. The van der Waals surface area contributed by atoms with Gasteiger partial charge in [-0.25, -0.2) is 9.13 Å². The maximum Gasteiger partial charge on any atom is 0.228 e. The van der Waals surface area contributed by atoms with Crippen LogP contribution in [0.5, 0.6) is 0 Å². The summed E-state index contributed by atoms with van der Waals surface area (Å²) in [4.78, 5) is 13.2. The van der Waals surface area contributed by atoms with Gasteiger partial charge in [0.2, 0.25) is 5.91 Å². The van der Waals surface area contributed by atoms with Gasteiger partial charge >= 0.3 is 0 Å². The number of carbonyl (C=O) groups is 1. The van der Waals surface area contributed by atoms with Crippen LogP contribution < -0.4 is 9.13 Å². The van der Waals surface area contributed by atoms with E-state index >= 15 is 0 Å². The molecule has 22 heavy (non-hydrogen) atoms. The minimum absolute atomic E-state index is 0.145. The Morgan fingerprint density at radius 1 is 1.05 bits per heavy atom. The summed E-state index contributed by atoms with van der Waals surface area (Å²) in [6, 6.07) is 8.35. The lowest BCUT2D eigenvalue weighted by atomic mass is 10.1. The molecule has 0 saturated carbocycles. The van der Waals surface area contributed by atoms with Gasteiger partial charge in [0.15, 0.2) is 37.9 Å². The molecule has 2 rings (SSSR count). The van der Waals surface area contributed by atoms with Crippen LogP contribution in [0.4, 0.5) is 0 Å². The Balaban J connectivity index is 2.02. The third-order valence-corrected chi connectivity index (χ3v) is 3.54. The first-order valence-electron chi connectivity index (χ1n) is 7.40. The van der Waals surface area contributed by atoms with Crippen LogP contribution in [0.2, 0.25) is 0 Å². The zero-order valence-corrected chi connectivity index (χ0v) is 13.3. The molecule has 0 aliphatic heterocycles. The molecule has 0 atom stereocenters. The summed E-state index contributed by atoms with van der Waals surface area (Å²) in [5.74, 6) is 0.145. The number of nitrogens with zero attached hydrogens (tertiary/aromatic N) is 3. The van der Waals surface area contributed by atoms with Gasteiger partial charge in [0.1, 0.15) is 0 Å². The Labute approximate surface area is 131 Å². The molecule has 0 aliphatic carbocycles. The quantitative estimate of drug-likeness (QED) is 0.588. The van der Waals surface area contributed by atoms with E-state index in [0.717, 1.165) is 6.54 Å². The highest BCUT2D eigenvalue weighted by atomic mass is 16.2. The number of hydrogen-bond acceptors (Lipinski definition) is 1. The SMILES string of the molecule is C=CC[n+]1ccc(-c2cc[n+](CCC(=O)N(C)C)cc2)cc1. The number of aromatic nitrogens is 2. The number of allylic oxidation sites excluding steroid dienone is 1. The van der Waals surface area contributed by atoms with Crippen LogP contribution in [0.1, 0.15) is 6.42 Å². The lowest BCUT2D eigenvalue weighted by Gasteiger charge is -2.08. The molecule has 0 saturated heterocycles. The van der Waals surface area contributed by atoms with Crippen molar-refractivity contribution in [3.8, 4) is 11.1 Å². The minimum Gasteiger partial charge on any atom is -0.349 e. The van der Waals surface area contributed by atoms with Crippen LogP contribution >= 0.6 is 0 Å². The zero-order valence-electron chi connectivity index (χ0n) is 13.3. The van der Waals surface area contributed by atoms with Crippen molar-refractivity contribution in [3.63, 3.8) is 0 Å². The summed E-state index contributed by atoms with van der Waals surface area (Å²) in [5, 5.41) is 0. The Morgan fingerprint density at radius 3 is 2.00 bits per heavy atom. The van der Waals surface area contributed by atoms with E-state index in [1.54, 1.807) is 19.0 Å². The van der Waals surface area contributed by atoms with Crippen LogP contribution in [0, 0.1) is 0 Å².